The molecule has 0 aliphatic heterocycles. The summed E-state index contributed by atoms with van der Waals surface area (Å²) in [6.07, 6.45) is 1.68. The minimum Gasteiger partial charge on any atom is -0.444 e. The lowest BCUT2D eigenvalue weighted by Crippen LogP contribution is -2.39. The Hall–Kier alpha value is -2.00. The van der Waals surface area contributed by atoms with E-state index in [0.29, 0.717) is 17.7 Å². The van der Waals surface area contributed by atoms with Gasteiger partial charge in [-0.3, -0.25) is 4.99 Å². The van der Waals surface area contributed by atoms with Crippen LogP contribution >= 0.6 is 35.7 Å². The normalized spacial score (nSPS) is 12.1. The van der Waals surface area contributed by atoms with Crippen LogP contribution in [0.5, 0.6) is 0 Å². The van der Waals surface area contributed by atoms with E-state index >= 15 is 0 Å². The van der Waals surface area contributed by atoms with Gasteiger partial charge in [-0.25, -0.2) is 4.98 Å². The number of aromatic nitrogens is 1. The van der Waals surface area contributed by atoms with Crippen LogP contribution in [0, 0.1) is 0 Å². The highest BCUT2D eigenvalue weighted by Crippen LogP contribution is 2.22. The maximum absolute atomic E-state index is 5.57. The highest BCUT2D eigenvalue weighted by atomic mass is 127. The number of aliphatic imine (C=N–C) groups is 1. The second-order valence-electron chi connectivity index (χ2n) is 6.06. The van der Waals surface area contributed by atoms with Gasteiger partial charge in [0.1, 0.15) is 6.26 Å². The Morgan fingerprint density at radius 1 is 1.07 bits per heavy atom. The number of nitrogens with one attached hydrogen (secondary N) is 2. The summed E-state index contributed by atoms with van der Waals surface area (Å²) in [4.78, 5) is 10.1. The van der Waals surface area contributed by atoms with Gasteiger partial charge in [0.25, 0.3) is 0 Å². The number of thioether (sulfide) groups is 1. The molecule has 0 radical (unpaired) electrons. The van der Waals surface area contributed by atoms with Crippen molar-refractivity contribution in [2.45, 2.75) is 23.6 Å². The molecule has 0 aliphatic rings. The van der Waals surface area contributed by atoms with Crippen molar-refractivity contribution in [2.24, 2.45) is 4.99 Å². The number of rotatable bonds is 7. The molecule has 2 N–H and O–H groups in total. The second kappa shape index (κ2) is 11.8. The minimum atomic E-state index is 0. The number of hydrogen-bond donors (Lipinski definition) is 2. The molecule has 1 aromatic heterocycles. The van der Waals surface area contributed by atoms with E-state index in [0.717, 1.165) is 23.8 Å². The van der Waals surface area contributed by atoms with Gasteiger partial charge in [0.05, 0.1) is 12.2 Å². The molecule has 0 fully saturated rings. The summed E-state index contributed by atoms with van der Waals surface area (Å²) in [5.41, 5.74) is 1.81. The van der Waals surface area contributed by atoms with Crippen molar-refractivity contribution in [3.63, 3.8) is 0 Å². The number of oxazole rings is 1. The van der Waals surface area contributed by atoms with Gasteiger partial charge in [-0.15, -0.1) is 35.7 Å². The van der Waals surface area contributed by atoms with Crippen LogP contribution in [0.15, 0.2) is 81.2 Å². The molecule has 0 aliphatic carbocycles. The van der Waals surface area contributed by atoms with Crippen LogP contribution in [0.3, 0.4) is 0 Å². The van der Waals surface area contributed by atoms with Gasteiger partial charge in [0.2, 0.25) is 5.89 Å². The van der Waals surface area contributed by atoms with Crippen molar-refractivity contribution in [3.05, 3.63) is 72.6 Å². The van der Waals surface area contributed by atoms with Crippen molar-refractivity contribution < 1.29 is 4.42 Å². The minimum absolute atomic E-state index is 0. The lowest BCUT2D eigenvalue weighted by Gasteiger charge is -2.15. The number of hydrogen-bond acceptors (Lipinski definition) is 4. The third kappa shape index (κ3) is 6.87. The molecule has 0 amide bonds. The van der Waals surface area contributed by atoms with Crippen LogP contribution in [0.4, 0.5) is 0 Å². The summed E-state index contributed by atoms with van der Waals surface area (Å²) in [6, 6.07) is 20.3. The summed E-state index contributed by atoms with van der Waals surface area (Å²) in [6.45, 7) is 3.56. The van der Waals surface area contributed by atoms with E-state index in [1.807, 2.05) is 48.2 Å². The van der Waals surface area contributed by atoms with Gasteiger partial charge in [-0.05, 0) is 24.3 Å². The van der Waals surface area contributed by atoms with Crippen molar-refractivity contribution in [1.82, 2.24) is 15.6 Å². The number of nitrogens with zero attached hydrogens (tertiary/aromatic N) is 2. The summed E-state index contributed by atoms with van der Waals surface area (Å²) in [7, 11) is 1.77. The fourth-order valence-electron chi connectivity index (χ4n) is 2.51. The molecule has 1 atom stereocenters. The largest absolute Gasteiger partial charge is 0.444 e. The first-order valence-corrected chi connectivity index (χ1v) is 9.78. The van der Waals surface area contributed by atoms with Gasteiger partial charge in [-0.2, -0.15) is 0 Å². The number of halogens is 1. The fraction of sp³-hybridized carbons (Fsp3) is 0.238. The van der Waals surface area contributed by atoms with Gasteiger partial charge in [-0.1, -0.05) is 43.3 Å². The standard InChI is InChI=1S/C21H24N4OS.HI/c1-16(27-19-11-7-4-8-12-19)13-23-21(22-2)24-14-18-15-26-20(25-18)17-9-5-3-6-10-17;/h3-12,15-16H,13-14H2,1-2H3,(H2,22,23,24);1H. The SMILES string of the molecule is CN=C(NCc1coc(-c2ccccc2)n1)NCC(C)Sc1ccccc1.I. The van der Waals surface area contributed by atoms with Crippen LogP contribution in [0.1, 0.15) is 12.6 Å². The zero-order chi connectivity index (χ0) is 18.9. The number of guanidine groups is 1. The third-order valence-electron chi connectivity index (χ3n) is 3.87. The van der Waals surface area contributed by atoms with Crippen LogP contribution < -0.4 is 10.6 Å². The molecule has 28 heavy (non-hydrogen) atoms. The summed E-state index contributed by atoms with van der Waals surface area (Å²) < 4.78 is 5.57. The van der Waals surface area contributed by atoms with Crippen LogP contribution in [-0.4, -0.2) is 29.8 Å². The molecule has 1 heterocycles. The fourth-order valence-corrected chi connectivity index (χ4v) is 3.46. The molecule has 0 bridgehead atoms. The predicted octanol–water partition coefficient (Wildman–Crippen LogP) is 4.81. The molecule has 7 heteroatoms. The highest BCUT2D eigenvalue weighted by Gasteiger charge is 2.08. The molecule has 0 spiro atoms. The maximum Gasteiger partial charge on any atom is 0.226 e. The molecule has 0 saturated heterocycles. The molecule has 3 aromatic rings. The molecule has 3 rings (SSSR count). The quantitative estimate of drug-likeness (QED) is 0.208. The first-order valence-electron chi connectivity index (χ1n) is 8.90. The lowest BCUT2D eigenvalue weighted by molar-refractivity contribution is 0.572. The van der Waals surface area contributed by atoms with Gasteiger partial charge < -0.3 is 15.1 Å². The average molecular weight is 508 g/mol. The van der Waals surface area contributed by atoms with E-state index < -0.39 is 0 Å². The van der Waals surface area contributed by atoms with E-state index in [-0.39, 0.29) is 24.0 Å². The van der Waals surface area contributed by atoms with Crippen molar-refractivity contribution >= 4 is 41.7 Å². The molecule has 1 unspecified atom stereocenters. The maximum atomic E-state index is 5.57. The van der Waals surface area contributed by atoms with Gasteiger partial charge in [0.15, 0.2) is 5.96 Å². The van der Waals surface area contributed by atoms with E-state index in [4.69, 9.17) is 4.42 Å². The van der Waals surface area contributed by atoms with Crippen LogP contribution in [0.25, 0.3) is 11.5 Å². The number of benzene rings is 2. The van der Waals surface area contributed by atoms with Gasteiger partial charge in [0, 0.05) is 29.3 Å². The zero-order valence-electron chi connectivity index (χ0n) is 16.0. The van der Waals surface area contributed by atoms with Crippen LogP contribution in [-0.2, 0) is 6.54 Å². The third-order valence-corrected chi connectivity index (χ3v) is 4.98. The second-order valence-corrected chi connectivity index (χ2v) is 7.57. The Morgan fingerprint density at radius 2 is 1.75 bits per heavy atom. The molecule has 148 valence electrons. The first-order chi connectivity index (χ1) is 13.2. The van der Waals surface area contributed by atoms with E-state index in [1.54, 1.807) is 13.3 Å². The average Bonchev–Trinajstić information content (AvgIpc) is 3.19. The van der Waals surface area contributed by atoms with Crippen molar-refractivity contribution in [3.8, 4) is 11.5 Å². The van der Waals surface area contributed by atoms with E-state index in [2.05, 4.69) is 51.8 Å². The zero-order valence-corrected chi connectivity index (χ0v) is 19.1. The predicted molar refractivity (Wildman–Crippen MR) is 127 cm³/mol. The summed E-state index contributed by atoms with van der Waals surface area (Å²) >= 11 is 1.84. The van der Waals surface area contributed by atoms with Crippen molar-refractivity contribution in [1.29, 1.82) is 0 Å². The lowest BCUT2D eigenvalue weighted by atomic mass is 10.2. The Morgan fingerprint density at radius 3 is 2.43 bits per heavy atom. The first kappa shape index (κ1) is 22.3. The van der Waals surface area contributed by atoms with E-state index in [9.17, 15) is 0 Å². The van der Waals surface area contributed by atoms with Crippen LogP contribution in [0.2, 0.25) is 0 Å². The summed E-state index contributed by atoms with van der Waals surface area (Å²) in [5, 5.41) is 7.05. The monoisotopic (exact) mass is 508 g/mol. The van der Waals surface area contributed by atoms with Crippen molar-refractivity contribution in [2.75, 3.05) is 13.6 Å². The Kier molecular flexibility index (Phi) is 9.36. The highest BCUT2D eigenvalue weighted by molar-refractivity contribution is 14.0. The smallest absolute Gasteiger partial charge is 0.226 e. The molecular formula is C21H25IN4OS. The molecule has 0 saturated carbocycles. The summed E-state index contributed by atoms with van der Waals surface area (Å²) in [5.74, 6) is 1.38. The van der Waals surface area contributed by atoms with Gasteiger partial charge >= 0.3 is 0 Å². The molecule has 5 nitrogen and oxygen atoms in total. The van der Waals surface area contributed by atoms with E-state index in [1.165, 1.54) is 4.90 Å². The Balaban J connectivity index is 0.00000280. The molecular weight excluding hydrogens is 483 g/mol. The Labute approximate surface area is 187 Å². The molecule has 2 aromatic carbocycles. The Bertz CT molecular complexity index is 855. The topological polar surface area (TPSA) is 62.5 Å².